The first-order chi connectivity index (χ1) is 6.66. The van der Waals surface area contributed by atoms with E-state index in [1.54, 1.807) is 0 Å². The molecule has 90 valence electrons. The van der Waals surface area contributed by atoms with Gasteiger partial charge in [0, 0.05) is 19.3 Å². The highest BCUT2D eigenvalue weighted by Crippen LogP contribution is 2.17. The van der Waals surface area contributed by atoms with Crippen LogP contribution in [0.4, 0.5) is 0 Å². The Morgan fingerprint density at radius 3 is 2.47 bits per heavy atom. The SMILES string of the molecule is CCOC(=O)CCC[N+]1(C)CCCC1.[I-]. The minimum atomic E-state index is -0.0432. The number of ether oxygens (including phenoxy) is 1. The van der Waals surface area contributed by atoms with Crippen molar-refractivity contribution in [2.75, 3.05) is 33.3 Å². The number of nitrogens with zero attached hydrogens (tertiary/aromatic N) is 1. The van der Waals surface area contributed by atoms with E-state index in [0.717, 1.165) is 17.4 Å². The van der Waals surface area contributed by atoms with Gasteiger partial charge >= 0.3 is 5.97 Å². The molecule has 1 heterocycles. The zero-order chi connectivity index (χ0) is 10.4. The van der Waals surface area contributed by atoms with Crippen LogP contribution in [0.25, 0.3) is 0 Å². The van der Waals surface area contributed by atoms with Gasteiger partial charge in [0.15, 0.2) is 0 Å². The molecular weight excluding hydrogens is 305 g/mol. The average Bonchev–Trinajstić information content (AvgIpc) is 2.53. The molecule has 0 spiro atoms. The van der Waals surface area contributed by atoms with Crippen LogP contribution in [0.5, 0.6) is 0 Å². The third-order valence-corrected chi connectivity index (χ3v) is 3.03. The predicted molar refractivity (Wildman–Crippen MR) is 55.9 cm³/mol. The monoisotopic (exact) mass is 327 g/mol. The normalized spacial score (nSPS) is 18.3. The standard InChI is InChI=1S/C11H22NO2.HI/c1-3-14-11(13)7-6-10-12(2)8-4-5-9-12;/h3-10H2,1-2H3;1H/q+1;/p-1. The highest BCUT2D eigenvalue weighted by molar-refractivity contribution is 5.69. The van der Waals surface area contributed by atoms with Crippen LogP contribution in [0.1, 0.15) is 32.6 Å². The second-order valence-electron chi connectivity index (χ2n) is 4.41. The molecular formula is C11H22INO2. The zero-order valence-electron chi connectivity index (χ0n) is 9.80. The van der Waals surface area contributed by atoms with E-state index in [-0.39, 0.29) is 29.9 Å². The van der Waals surface area contributed by atoms with Crippen LogP contribution in [-0.4, -0.2) is 43.7 Å². The van der Waals surface area contributed by atoms with Crippen LogP contribution >= 0.6 is 0 Å². The molecule has 0 saturated carbocycles. The highest BCUT2D eigenvalue weighted by atomic mass is 127. The number of hydrogen-bond donors (Lipinski definition) is 0. The van der Waals surface area contributed by atoms with Crippen LogP contribution < -0.4 is 24.0 Å². The van der Waals surface area contributed by atoms with Gasteiger partial charge in [0.2, 0.25) is 0 Å². The minimum Gasteiger partial charge on any atom is -1.00 e. The topological polar surface area (TPSA) is 26.3 Å². The fourth-order valence-corrected chi connectivity index (χ4v) is 2.16. The summed E-state index contributed by atoms with van der Waals surface area (Å²) in [5.74, 6) is -0.0432. The summed E-state index contributed by atoms with van der Waals surface area (Å²) in [4.78, 5) is 11.1. The molecule has 15 heavy (non-hydrogen) atoms. The molecule has 0 unspecified atom stereocenters. The maximum Gasteiger partial charge on any atom is 0.305 e. The quantitative estimate of drug-likeness (QED) is 0.352. The molecule has 1 aliphatic heterocycles. The predicted octanol–water partition coefficient (Wildman–Crippen LogP) is -1.43. The Morgan fingerprint density at radius 2 is 1.93 bits per heavy atom. The van der Waals surface area contributed by atoms with E-state index in [9.17, 15) is 4.79 Å². The molecule has 0 radical (unpaired) electrons. The Kier molecular flexibility index (Phi) is 7.52. The molecule has 1 saturated heterocycles. The molecule has 0 aromatic heterocycles. The van der Waals surface area contributed by atoms with E-state index < -0.39 is 0 Å². The maximum atomic E-state index is 11.1. The lowest BCUT2D eigenvalue weighted by atomic mass is 10.3. The van der Waals surface area contributed by atoms with Gasteiger partial charge in [0.25, 0.3) is 0 Å². The summed E-state index contributed by atoms with van der Waals surface area (Å²) >= 11 is 0. The van der Waals surface area contributed by atoms with Crippen LogP contribution in [0.3, 0.4) is 0 Å². The van der Waals surface area contributed by atoms with E-state index in [2.05, 4.69) is 7.05 Å². The Bertz CT molecular complexity index is 191. The first-order valence-corrected chi connectivity index (χ1v) is 5.65. The van der Waals surface area contributed by atoms with Crippen molar-refractivity contribution in [2.45, 2.75) is 32.6 Å². The third-order valence-electron chi connectivity index (χ3n) is 3.03. The number of rotatable bonds is 5. The summed E-state index contributed by atoms with van der Waals surface area (Å²) in [6.45, 7) is 6.04. The lowest BCUT2D eigenvalue weighted by molar-refractivity contribution is -0.897. The fourth-order valence-electron chi connectivity index (χ4n) is 2.16. The number of carbonyl (C=O) groups is 1. The van der Waals surface area contributed by atoms with Crippen molar-refractivity contribution in [3.8, 4) is 0 Å². The first kappa shape index (κ1) is 15.2. The van der Waals surface area contributed by atoms with Crippen molar-refractivity contribution >= 4 is 5.97 Å². The second kappa shape index (κ2) is 7.44. The molecule has 0 aromatic rings. The minimum absolute atomic E-state index is 0. The second-order valence-corrected chi connectivity index (χ2v) is 4.41. The van der Waals surface area contributed by atoms with E-state index in [4.69, 9.17) is 4.74 Å². The smallest absolute Gasteiger partial charge is 0.305 e. The molecule has 0 N–H and O–H groups in total. The molecule has 0 amide bonds. The van der Waals surface area contributed by atoms with Gasteiger partial charge < -0.3 is 33.2 Å². The summed E-state index contributed by atoms with van der Waals surface area (Å²) < 4.78 is 6.05. The molecule has 0 aliphatic carbocycles. The van der Waals surface area contributed by atoms with Gasteiger partial charge in [-0.1, -0.05) is 0 Å². The van der Waals surface area contributed by atoms with Crippen LogP contribution in [0.2, 0.25) is 0 Å². The molecule has 4 heteroatoms. The van der Waals surface area contributed by atoms with Crippen LogP contribution in [0, 0.1) is 0 Å². The van der Waals surface area contributed by atoms with Crippen molar-refractivity contribution in [3.63, 3.8) is 0 Å². The Morgan fingerprint density at radius 1 is 1.33 bits per heavy atom. The summed E-state index contributed by atoms with van der Waals surface area (Å²) in [5.41, 5.74) is 0. The summed E-state index contributed by atoms with van der Waals surface area (Å²) in [7, 11) is 2.29. The number of quaternary nitrogens is 1. The molecule has 1 rings (SSSR count). The Labute approximate surface area is 110 Å². The van der Waals surface area contributed by atoms with Crippen LogP contribution in [-0.2, 0) is 9.53 Å². The van der Waals surface area contributed by atoms with E-state index in [1.165, 1.54) is 25.9 Å². The van der Waals surface area contributed by atoms with E-state index in [0.29, 0.717) is 13.0 Å². The highest BCUT2D eigenvalue weighted by Gasteiger charge is 2.26. The largest absolute Gasteiger partial charge is 1.00 e. The van der Waals surface area contributed by atoms with Gasteiger partial charge in [-0.05, 0) is 6.92 Å². The van der Waals surface area contributed by atoms with Crippen LogP contribution in [0.15, 0.2) is 0 Å². The van der Waals surface area contributed by atoms with Crippen molar-refractivity contribution in [2.24, 2.45) is 0 Å². The first-order valence-electron chi connectivity index (χ1n) is 5.65. The maximum absolute atomic E-state index is 11.1. The van der Waals surface area contributed by atoms with Gasteiger partial charge in [-0.2, -0.15) is 0 Å². The lowest BCUT2D eigenvalue weighted by Crippen LogP contribution is -3.00. The number of carbonyl (C=O) groups excluding carboxylic acids is 1. The third kappa shape index (κ3) is 5.70. The van der Waals surface area contributed by atoms with Crippen molar-refractivity contribution < 1.29 is 38.0 Å². The van der Waals surface area contributed by atoms with E-state index >= 15 is 0 Å². The molecule has 3 nitrogen and oxygen atoms in total. The summed E-state index contributed by atoms with van der Waals surface area (Å²) in [5, 5.41) is 0. The lowest BCUT2D eigenvalue weighted by Gasteiger charge is -2.28. The Hall–Kier alpha value is 0.160. The number of halogens is 1. The zero-order valence-corrected chi connectivity index (χ0v) is 12.0. The van der Waals surface area contributed by atoms with Gasteiger partial charge in [0.05, 0.1) is 39.7 Å². The summed E-state index contributed by atoms with van der Waals surface area (Å²) in [6.07, 6.45) is 4.24. The Balaban J connectivity index is 0.00000196. The van der Waals surface area contributed by atoms with Gasteiger partial charge in [-0.25, -0.2) is 0 Å². The molecule has 0 bridgehead atoms. The van der Waals surface area contributed by atoms with Gasteiger partial charge in [-0.15, -0.1) is 0 Å². The average molecular weight is 327 g/mol. The van der Waals surface area contributed by atoms with Crippen molar-refractivity contribution in [1.29, 1.82) is 0 Å². The molecule has 1 fully saturated rings. The van der Waals surface area contributed by atoms with E-state index in [1.807, 2.05) is 6.92 Å². The molecule has 1 aliphatic rings. The van der Waals surface area contributed by atoms with Crippen molar-refractivity contribution in [1.82, 2.24) is 0 Å². The number of likely N-dealkylation sites (tertiary alicyclic amines) is 1. The number of hydrogen-bond acceptors (Lipinski definition) is 2. The van der Waals surface area contributed by atoms with Crippen molar-refractivity contribution in [3.05, 3.63) is 0 Å². The number of esters is 1. The van der Waals surface area contributed by atoms with Gasteiger partial charge in [-0.3, -0.25) is 4.79 Å². The molecule has 0 atom stereocenters. The molecule has 0 aromatic carbocycles. The van der Waals surface area contributed by atoms with Gasteiger partial charge in [0.1, 0.15) is 0 Å². The fraction of sp³-hybridized carbons (Fsp3) is 0.909. The summed E-state index contributed by atoms with van der Waals surface area (Å²) in [6, 6.07) is 0.